The Bertz CT molecular complexity index is 848. The fraction of sp³-hybridized carbons (Fsp3) is 0.581. The molecule has 2 rings (SSSR count). The average Bonchev–Trinajstić information content (AvgIpc) is 2.79. The lowest BCUT2D eigenvalue weighted by atomic mass is 9.95. The number of nitrogens with one attached hydrogen (secondary N) is 2. The van der Waals surface area contributed by atoms with Crippen LogP contribution >= 0.6 is 12.4 Å². The lowest BCUT2D eigenvalue weighted by Crippen LogP contribution is -2.54. The van der Waals surface area contributed by atoms with E-state index in [1.165, 1.54) is 0 Å². The number of benzene rings is 2. The highest BCUT2D eigenvalue weighted by Gasteiger charge is 2.26. The Balaban J connectivity index is 0.00000648. The van der Waals surface area contributed by atoms with E-state index in [1.54, 1.807) is 0 Å². The summed E-state index contributed by atoms with van der Waals surface area (Å²) in [5, 5.41) is 6.95. The monoisotopic (exact) mass is 516 g/mol. The molecule has 1 atom stereocenters. The number of halogens is 1. The second-order valence-corrected chi connectivity index (χ2v) is 11.7. The van der Waals surface area contributed by atoms with Crippen LogP contribution in [0.4, 0.5) is 0 Å². The molecule has 2 aromatic carbocycles. The summed E-state index contributed by atoms with van der Waals surface area (Å²) in [6.07, 6.45) is 5.17. The number of amides is 1. The zero-order chi connectivity index (χ0) is 25.8. The summed E-state index contributed by atoms with van der Waals surface area (Å²) in [6, 6.07) is 18.4. The molecule has 2 aromatic rings. The maximum Gasteiger partial charge on any atom is 0.237 e. The van der Waals surface area contributed by atoms with Crippen molar-refractivity contribution in [2.24, 2.45) is 11.8 Å². The van der Waals surface area contributed by atoms with Crippen LogP contribution in [-0.4, -0.2) is 23.5 Å². The van der Waals surface area contributed by atoms with Gasteiger partial charge in [-0.25, -0.2) is 0 Å². The van der Waals surface area contributed by atoms with Gasteiger partial charge in [-0.3, -0.25) is 4.79 Å². The normalized spacial score (nSPS) is 12.5. The van der Waals surface area contributed by atoms with Gasteiger partial charge < -0.3 is 15.4 Å². The van der Waals surface area contributed by atoms with Crippen LogP contribution in [0, 0.1) is 11.8 Å². The molecule has 1 unspecified atom stereocenters. The second-order valence-electron chi connectivity index (χ2n) is 11.7. The molecule has 0 saturated carbocycles. The summed E-state index contributed by atoms with van der Waals surface area (Å²) in [6.45, 7) is 15.7. The maximum absolute atomic E-state index is 13.3. The smallest absolute Gasteiger partial charge is 0.237 e. The van der Waals surface area contributed by atoms with E-state index in [9.17, 15) is 4.79 Å². The number of hydrogen-bond donors (Lipinski definition) is 2. The first-order valence-electron chi connectivity index (χ1n) is 13.4. The van der Waals surface area contributed by atoms with Gasteiger partial charge in [0, 0.05) is 11.6 Å². The van der Waals surface area contributed by atoms with Crippen LogP contribution in [-0.2, 0) is 17.8 Å². The van der Waals surface area contributed by atoms with Crippen LogP contribution in [0.15, 0.2) is 54.6 Å². The highest BCUT2D eigenvalue weighted by molar-refractivity contribution is 5.85. The van der Waals surface area contributed by atoms with Crippen LogP contribution < -0.4 is 15.4 Å². The van der Waals surface area contributed by atoms with Gasteiger partial charge in [0.25, 0.3) is 0 Å². The summed E-state index contributed by atoms with van der Waals surface area (Å²) in [5.74, 6) is 2.22. The van der Waals surface area contributed by atoms with Crippen LogP contribution in [0.25, 0.3) is 0 Å². The molecule has 0 fully saturated rings. The summed E-state index contributed by atoms with van der Waals surface area (Å²) in [4.78, 5) is 13.3. The van der Waals surface area contributed by atoms with E-state index in [0.29, 0.717) is 30.9 Å². The molecule has 1 amide bonds. The van der Waals surface area contributed by atoms with Crippen LogP contribution in [0.5, 0.6) is 5.75 Å². The van der Waals surface area contributed by atoms with Crippen molar-refractivity contribution < 1.29 is 9.53 Å². The highest BCUT2D eigenvalue weighted by Crippen LogP contribution is 2.18. The minimum absolute atomic E-state index is 0. The maximum atomic E-state index is 13.3. The van der Waals surface area contributed by atoms with E-state index in [2.05, 4.69) is 62.6 Å². The standard InChI is InChI=1S/C31H48N2O2.ClH/c1-23(2)13-17-27(18-14-24(3)4)32-29(30(34)33-31(5,6)7)21-25-15-19-28(20-16-25)35-22-26-11-9-8-10-12-26;/h8-12,15-16,19-20,23-24,27,29,32H,13-14,17-18,21-22H2,1-7H3,(H,33,34);1H. The van der Waals surface area contributed by atoms with Crippen molar-refractivity contribution in [1.29, 1.82) is 0 Å². The molecule has 0 saturated heterocycles. The van der Waals surface area contributed by atoms with Gasteiger partial charge in [0.1, 0.15) is 12.4 Å². The van der Waals surface area contributed by atoms with Crippen molar-refractivity contribution in [2.45, 2.75) is 105 Å². The Hall–Kier alpha value is -2.04. The van der Waals surface area contributed by atoms with Crippen molar-refractivity contribution in [3.63, 3.8) is 0 Å². The molecule has 0 aromatic heterocycles. The summed E-state index contributed by atoms with van der Waals surface area (Å²) in [7, 11) is 0. The number of carbonyl (C=O) groups is 1. The van der Waals surface area contributed by atoms with Crippen molar-refractivity contribution in [3.05, 3.63) is 65.7 Å². The SMILES string of the molecule is CC(C)CCC(CCC(C)C)NC(Cc1ccc(OCc2ccccc2)cc1)C(=O)NC(C)(C)C.Cl. The number of hydrogen-bond acceptors (Lipinski definition) is 3. The summed E-state index contributed by atoms with van der Waals surface area (Å²) >= 11 is 0. The third kappa shape index (κ3) is 13.3. The first-order valence-corrected chi connectivity index (χ1v) is 13.4. The molecule has 0 heterocycles. The second kappa shape index (κ2) is 15.9. The van der Waals surface area contributed by atoms with E-state index >= 15 is 0 Å². The largest absolute Gasteiger partial charge is 0.489 e. The minimum atomic E-state index is -0.269. The van der Waals surface area contributed by atoms with Gasteiger partial charge >= 0.3 is 0 Å². The molecule has 2 N–H and O–H groups in total. The van der Waals surface area contributed by atoms with E-state index in [1.807, 2.05) is 51.1 Å². The molecule has 0 aliphatic rings. The van der Waals surface area contributed by atoms with E-state index in [-0.39, 0.29) is 29.9 Å². The van der Waals surface area contributed by atoms with Crippen LogP contribution in [0.3, 0.4) is 0 Å². The Morgan fingerprint density at radius 2 is 1.36 bits per heavy atom. The number of ether oxygens (including phenoxy) is 1. The molecule has 36 heavy (non-hydrogen) atoms. The van der Waals surface area contributed by atoms with E-state index in [4.69, 9.17) is 4.74 Å². The van der Waals surface area contributed by atoms with Gasteiger partial charge in [0.05, 0.1) is 6.04 Å². The van der Waals surface area contributed by atoms with Crippen molar-refractivity contribution in [1.82, 2.24) is 10.6 Å². The molecule has 0 spiro atoms. The molecule has 0 radical (unpaired) electrons. The zero-order valence-electron chi connectivity index (χ0n) is 23.5. The summed E-state index contributed by atoms with van der Waals surface area (Å²) < 4.78 is 5.94. The molecule has 0 aliphatic carbocycles. The lowest BCUT2D eigenvalue weighted by molar-refractivity contribution is -0.124. The number of carbonyl (C=O) groups excluding carboxylic acids is 1. The first-order chi connectivity index (χ1) is 16.5. The van der Waals surface area contributed by atoms with Crippen molar-refractivity contribution in [3.8, 4) is 5.75 Å². The molecule has 202 valence electrons. The zero-order valence-corrected chi connectivity index (χ0v) is 24.3. The predicted molar refractivity (Wildman–Crippen MR) is 155 cm³/mol. The molecule has 0 aliphatic heterocycles. The third-order valence-electron chi connectivity index (χ3n) is 6.05. The van der Waals surface area contributed by atoms with Gasteiger partial charge in [-0.1, -0.05) is 70.2 Å². The molecule has 0 bridgehead atoms. The number of rotatable bonds is 14. The molecular formula is C31H49ClN2O2. The van der Waals surface area contributed by atoms with Crippen LogP contribution in [0.2, 0.25) is 0 Å². The Kier molecular flexibility index (Phi) is 14.2. The van der Waals surface area contributed by atoms with Gasteiger partial charge in [-0.2, -0.15) is 0 Å². The van der Waals surface area contributed by atoms with Crippen molar-refractivity contribution >= 4 is 18.3 Å². The fourth-order valence-electron chi connectivity index (χ4n) is 4.05. The van der Waals surface area contributed by atoms with Gasteiger partial charge in [-0.15, -0.1) is 12.4 Å². The minimum Gasteiger partial charge on any atom is -0.489 e. The van der Waals surface area contributed by atoms with Gasteiger partial charge in [-0.05, 0) is 88.0 Å². The Morgan fingerprint density at radius 1 is 0.806 bits per heavy atom. The first kappa shape index (κ1) is 32.0. The quantitative estimate of drug-likeness (QED) is 0.276. The lowest BCUT2D eigenvalue weighted by Gasteiger charge is -2.30. The molecule has 4 nitrogen and oxygen atoms in total. The summed E-state index contributed by atoms with van der Waals surface area (Å²) in [5.41, 5.74) is 2.01. The molecule has 5 heteroatoms. The fourth-order valence-corrected chi connectivity index (χ4v) is 4.05. The van der Waals surface area contributed by atoms with Gasteiger partial charge in [0.15, 0.2) is 0 Å². The average molecular weight is 517 g/mol. The van der Waals surface area contributed by atoms with Gasteiger partial charge in [0.2, 0.25) is 5.91 Å². The Labute approximate surface area is 226 Å². The Morgan fingerprint density at radius 3 is 1.86 bits per heavy atom. The third-order valence-corrected chi connectivity index (χ3v) is 6.05. The highest BCUT2D eigenvalue weighted by atomic mass is 35.5. The van der Waals surface area contributed by atoms with E-state index in [0.717, 1.165) is 42.6 Å². The van der Waals surface area contributed by atoms with Crippen molar-refractivity contribution in [2.75, 3.05) is 0 Å². The van der Waals surface area contributed by atoms with E-state index < -0.39 is 0 Å². The topological polar surface area (TPSA) is 50.4 Å². The predicted octanol–water partition coefficient (Wildman–Crippen LogP) is 7.34. The molecular weight excluding hydrogens is 468 g/mol. The van der Waals surface area contributed by atoms with Crippen LogP contribution in [0.1, 0.15) is 85.3 Å².